The summed E-state index contributed by atoms with van der Waals surface area (Å²) in [6, 6.07) is 5.30. The van der Waals surface area contributed by atoms with Gasteiger partial charge in [0.2, 0.25) is 0 Å². The molecule has 1 atom stereocenters. The van der Waals surface area contributed by atoms with E-state index in [-0.39, 0.29) is 11.4 Å². The van der Waals surface area contributed by atoms with Crippen molar-refractivity contribution in [3.63, 3.8) is 0 Å². The van der Waals surface area contributed by atoms with Crippen LogP contribution in [0.1, 0.15) is 34.8 Å². The second-order valence-corrected chi connectivity index (χ2v) is 5.62. The molecule has 1 fully saturated rings. The zero-order chi connectivity index (χ0) is 15.5. The normalized spacial score (nSPS) is 21.6. The molecule has 21 heavy (non-hydrogen) atoms. The number of rotatable bonds is 4. The standard InChI is InChI=1S/C16H19NO4/c1-11-7-12(3-4-14(18)19)9-13(8-11)15(20)17-16(2)5-6-21-10-16/h3-4,7-9H,5-6,10H2,1-2H3,(H,17,20)(H,18,19)/b4-3+. The summed E-state index contributed by atoms with van der Waals surface area (Å²) in [6.07, 6.45) is 3.32. The lowest BCUT2D eigenvalue weighted by molar-refractivity contribution is -0.131. The lowest BCUT2D eigenvalue weighted by Gasteiger charge is -2.23. The predicted molar refractivity (Wildman–Crippen MR) is 79.2 cm³/mol. The second kappa shape index (κ2) is 6.10. The van der Waals surface area contributed by atoms with Gasteiger partial charge in [0, 0.05) is 18.2 Å². The first-order valence-corrected chi connectivity index (χ1v) is 6.81. The van der Waals surface area contributed by atoms with Gasteiger partial charge in [-0.05, 0) is 49.6 Å². The number of nitrogens with one attached hydrogen (secondary N) is 1. The molecule has 5 nitrogen and oxygen atoms in total. The van der Waals surface area contributed by atoms with Gasteiger partial charge in [-0.3, -0.25) is 4.79 Å². The molecule has 0 aliphatic carbocycles. The Kier molecular flexibility index (Phi) is 4.43. The van der Waals surface area contributed by atoms with Crippen molar-refractivity contribution in [3.05, 3.63) is 41.0 Å². The fourth-order valence-corrected chi connectivity index (χ4v) is 2.32. The first kappa shape index (κ1) is 15.3. The van der Waals surface area contributed by atoms with Crippen LogP contribution in [-0.2, 0) is 9.53 Å². The molecule has 1 unspecified atom stereocenters. The van der Waals surface area contributed by atoms with Crippen molar-refractivity contribution in [2.24, 2.45) is 0 Å². The van der Waals surface area contributed by atoms with Crippen LogP contribution in [0.3, 0.4) is 0 Å². The molecule has 2 N–H and O–H groups in total. The molecule has 1 saturated heterocycles. The van der Waals surface area contributed by atoms with Crippen LogP contribution in [0.2, 0.25) is 0 Å². The SMILES string of the molecule is Cc1cc(/C=C/C(=O)O)cc(C(=O)NC2(C)CCOC2)c1. The molecule has 0 bridgehead atoms. The van der Waals surface area contributed by atoms with Gasteiger partial charge in [-0.25, -0.2) is 4.79 Å². The number of aliphatic carboxylic acids is 1. The van der Waals surface area contributed by atoms with Crippen LogP contribution in [0.4, 0.5) is 0 Å². The maximum absolute atomic E-state index is 12.3. The maximum Gasteiger partial charge on any atom is 0.328 e. The first-order chi connectivity index (χ1) is 9.88. The van der Waals surface area contributed by atoms with E-state index in [1.54, 1.807) is 12.1 Å². The lowest BCUT2D eigenvalue weighted by Crippen LogP contribution is -2.46. The minimum absolute atomic E-state index is 0.170. The second-order valence-electron chi connectivity index (χ2n) is 5.62. The molecule has 0 radical (unpaired) electrons. The number of ether oxygens (including phenoxy) is 1. The van der Waals surface area contributed by atoms with Gasteiger partial charge in [-0.1, -0.05) is 6.07 Å². The van der Waals surface area contributed by atoms with Gasteiger partial charge in [0.05, 0.1) is 12.1 Å². The Hall–Kier alpha value is -2.14. The van der Waals surface area contributed by atoms with Gasteiger partial charge < -0.3 is 15.2 Å². The number of carbonyl (C=O) groups is 2. The van der Waals surface area contributed by atoms with E-state index in [4.69, 9.17) is 9.84 Å². The average Bonchev–Trinajstić information content (AvgIpc) is 2.82. The molecule has 1 aromatic rings. The monoisotopic (exact) mass is 289 g/mol. The van der Waals surface area contributed by atoms with E-state index in [1.807, 2.05) is 19.9 Å². The zero-order valence-electron chi connectivity index (χ0n) is 12.2. The number of amides is 1. The van der Waals surface area contributed by atoms with Crippen molar-refractivity contribution >= 4 is 18.0 Å². The van der Waals surface area contributed by atoms with Gasteiger partial charge in [-0.2, -0.15) is 0 Å². The van der Waals surface area contributed by atoms with E-state index < -0.39 is 5.97 Å². The Morgan fingerprint density at radius 2 is 2.14 bits per heavy atom. The Bertz CT molecular complexity index is 586. The largest absolute Gasteiger partial charge is 0.478 e. The van der Waals surface area contributed by atoms with Gasteiger partial charge in [0.1, 0.15) is 0 Å². The molecule has 112 valence electrons. The highest BCUT2D eigenvalue weighted by Crippen LogP contribution is 2.19. The highest BCUT2D eigenvalue weighted by Gasteiger charge is 2.31. The lowest BCUT2D eigenvalue weighted by atomic mass is 10.00. The number of carbonyl (C=O) groups excluding carboxylic acids is 1. The van der Waals surface area contributed by atoms with Crippen LogP contribution in [-0.4, -0.2) is 35.7 Å². The van der Waals surface area contributed by atoms with E-state index >= 15 is 0 Å². The minimum Gasteiger partial charge on any atom is -0.478 e. The van der Waals surface area contributed by atoms with Crippen LogP contribution >= 0.6 is 0 Å². The third kappa shape index (κ3) is 4.16. The summed E-state index contributed by atoms with van der Waals surface area (Å²) in [4.78, 5) is 22.9. The summed E-state index contributed by atoms with van der Waals surface area (Å²) in [5, 5.41) is 11.7. The van der Waals surface area contributed by atoms with Gasteiger partial charge in [0.25, 0.3) is 5.91 Å². The molecule has 0 saturated carbocycles. The third-order valence-electron chi connectivity index (χ3n) is 3.41. The summed E-state index contributed by atoms with van der Waals surface area (Å²) in [7, 11) is 0. The molecule has 1 aliphatic heterocycles. The van der Waals surface area contributed by atoms with Crippen molar-refractivity contribution in [1.29, 1.82) is 0 Å². The molecule has 1 aromatic carbocycles. The summed E-state index contributed by atoms with van der Waals surface area (Å²) in [5.74, 6) is -1.19. The Balaban J connectivity index is 2.18. The quantitative estimate of drug-likeness (QED) is 0.831. The summed E-state index contributed by atoms with van der Waals surface area (Å²) in [6.45, 7) is 4.99. The molecular weight excluding hydrogens is 270 g/mol. The number of hydrogen-bond acceptors (Lipinski definition) is 3. The minimum atomic E-state index is -1.02. The van der Waals surface area contributed by atoms with Gasteiger partial charge in [-0.15, -0.1) is 0 Å². The topological polar surface area (TPSA) is 75.6 Å². The Morgan fingerprint density at radius 1 is 1.38 bits per heavy atom. The fourth-order valence-electron chi connectivity index (χ4n) is 2.32. The molecule has 1 amide bonds. The molecule has 0 aromatic heterocycles. The number of hydrogen-bond donors (Lipinski definition) is 2. The van der Waals surface area contributed by atoms with Crippen molar-refractivity contribution in [3.8, 4) is 0 Å². The van der Waals surface area contributed by atoms with Crippen molar-refractivity contribution in [2.45, 2.75) is 25.8 Å². The van der Waals surface area contributed by atoms with Crippen LogP contribution in [0.15, 0.2) is 24.3 Å². The Morgan fingerprint density at radius 3 is 2.76 bits per heavy atom. The van der Waals surface area contributed by atoms with Gasteiger partial charge >= 0.3 is 5.97 Å². The molecule has 5 heteroatoms. The van der Waals surface area contributed by atoms with Crippen LogP contribution in [0.25, 0.3) is 6.08 Å². The highest BCUT2D eigenvalue weighted by atomic mass is 16.5. The van der Waals surface area contributed by atoms with Crippen molar-refractivity contribution in [2.75, 3.05) is 13.2 Å². The summed E-state index contributed by atoms with van der Waals surface area (Å²) < 4.78 is 5.32. The molecule has 0 spiro atoms. The summed E-state index contributed by atoms with van der Waals surface area (Å²) in [5.41, 5.74) is 1.78. The van der Waals surface area contributed by atoms with Crippen LogP contribution < -0.4 is 5.32 Å². The number of carboxylic acids is 1. The summed E-state index contributed by atoms with van der Waals surface area (Å²) >= 11 is 0. The highest BCUT2D eigenvalue weighted by molar-refractivity contribution is 5.96. The molecule has 1 heterocycles. The van der Waals surface area contributed by atoms with Gasteiger partial charge in [0.15, 0.2) is 0 Å². The zero-order valence-corrected chi connectivity index (χ0v) is 12.2. The smallest absolute Gasteiger partial charge is 0.328 e. The number of aryl methyl sites for hydroxylation is 1. The number of carboxylic acid groups (broad SMARTS) is 1. The molecule has 2 rings (SSSR count). The fraction of sp³-hybridized carbons (Fsp3) is 0.375. The van der Waals surface area contributed by atoms with E-state index in [0.717, 1.165) is 18.1 Å². The maximum atomic E-state index is 12.3. The van der Waals surface area contributed by atoms with Crippen LogP contribution in [0, 0.1) is 6.92 Å². The molecular formula is C16H19NO4. The van der Waals surface area contributed by atoms with Crippen LogP contribution in [0.5, 0.6) is 0 Å². The number of benzene rings is 1. The third-order valence-corrected chi connectivity index (χ3v) is 3.41. The predicted octanol–water partition coefficient (Wildman–Crippen LogP) is 2.00. The first-order valence-electron chi connectivity index (χ1n) is 6.81. The van der Waals surface area contributed by atoms with Crippen molar-refractivity contribution in [1.82, 2.24) is 5.32 Å². The molecule has 1 aliphatic rings. The van der Waals surface area contributed by atoms with E-state index in [0.29, 0.717) is 24.3 Å². The average molecular weight is 289 g/mol. The van der Waals surface area contributed by atoms with Crippen molar-refractivity contribution < 1.29 is 19.4 Å². The Labute approximate surface area is 123 Å². The van der Waals surface area contributed by atoms with E-state index in [1.165, 1.54) is 6.08 Å². The van der Waals surface area contributed by atoms with E-state index in [2.05, 4.69) is 5.32 Å². The van der Waals surface area contributed by atoms with E-state index in [9.17, 15) is 9.59 Å².